The molecule has 27 heavy (non-hydrogen) atoms. The molecule has 0 radical (unpaired) electrons. The molecular weight excluding hydrogens is 357 g/mol. The van der Waals surface area contributed by atoms with Gasteiger partial charge < -0.3 is 5.11 Å². The van der Waals surface area contributed by atoms with Crippen molar-refractivity contribution in [2.75, 3.05) is 0 Å². The molecule has 1 aromatic rings. The summed E-state index contributed by atoms with van der Waals surface area (Å²) in [6, 6.07) is 5.17. The molecular formula is C21H25F3O3. The summed E-state index contributed by atoms with van der Waals surface area (Å²) in [7, 11) is 0. The Hall–Kier alpha value is -2.11. The zero-order chi connectivity index (χ0) is 19.9. The molecule has 1 aromatic carbocycles. The molecule has 0 spiro atoms. The number of allylic oxidation sites excluding steroid dienone is 1. The average molecular weight is 382 g/mol. The minimum absolute atomic E-state index is 0.0612. The van der Waals surface area contributed by atoms with Crippen molar-refractivity contribution in [1.82, 2.24) is 0 Å². The average Bonchev–Trinajstić information content (AvgIpc) is 2.95. The van der Waals surface area contributed by atoms with Crippen LogP contribution in [0, 0.1) is 11.8 Å². The van der Waals surface area contributed by atoms with Crippen LogP contribution < -0.4 is 0 Å². The Morgan fingerprint density at radius 1 is 1.19 bits per heavy atom. The number of hydrogen-bond donors (Lipinski definition) is 1. The Balaban J connectivity index is 1.88. The summed E-state index contributed by atoms with van der Waals surface area (Å²) in [6.45, 7) is 0. The van der Waals surface area contributed by atoms with Gasteiger partial charge in [-0.15, -0.1) is 0 Å². The summed E-state index contributed by atoms with van der Waals surface area (Å²) in [5.74, 6) is -0.586. The van der Waals surface area contributed by atoms with E-state index < -0.39 is 17.7 Å². The van der Waals surface area contributed by atoms with Crippen molar-refractivity contribution in [1.29, 1.82) is 0 Å². The third kappa shape index (κ3) is 6.85. The number of carbonyl (C=O) groups is 2. The highest BCUT2D eigenvalue weighted by atomic mass is 19.4. The number of ketones is 1. The third-order valence-corrected chi connectivity index (χ3v) is 5.06. The topological polar surface area (TPSA) is 54.4 Å². The van der Waals surface area contributed by atoms with Gasteiger partial charge >= 0.3 is 12.1 Å². The SMILES string of the molecule is O=C(O)CCCCCC[C@H]1C(=O)CC[C@@H]1C=Cc1cccc(C(F)(F)F)c1. The van der Waals surface area contributed by atoms with E-state index in [4.69, 9.17) is 5.11 Å². The molecule has 1 N–H and O–H groups in total. The number of halogens is 3. The van der Waals surface area contributed by atoms with Crippen molar-refractivity contribution < 1.29 is 27.9 Å². The first-order valence-electron chi connectivity index (χ1n) is 9.37. The lowest BCUT2D eigenvalue weighted by molar-refractivity contribution is -0.138. The molecule has 0 aromatic heterocycles. The molecule has 2 atom stereocenters. The van der Waals surface area contributed by atoms with Crippen molar-refractivity contribution >= 4 is 17.8 Å². The van der Waals surface area contributed by atoms with Crippen LogP contribution in [-0.4, -0.2) is 16.9 Å². The first kappa shape index (κ1) is 21.2. The maximum Gasteiger partial charge on any atom is 0.416 e. The Morgan fingerprint density at radius 3 is 2.63 bits per heavy atom. The largest absolute Gasteiger partial charge is 0.481 e. The Kier molecular flexibility index (Phi) is 7.63. The zero-order valence-corrected chi connectivity index (χ0v) is 15.2. The Bertz CT molecular complexity index is 679. The predicted octanol–water partition coefficient (Wildman–Crippen LogP) is 5.74. The van der Waals surface area contributed by atoms with Gasteiger partial charge in [0.25, 0.3) is 0 Å². The number of unbranched alkanes of at least 4 members (excludes halogenated alkanes) is 3. The second kappa shape index (κ2) is 9.72. The molecule has 1 saturated carbocycles. The summed E-state index contributed by atoms with van der Waals surface area (Å²) in [5.41, 5.74) is -0.193. The number of hydrogen-bond acceptors (Lipinski definition) is 2. The molecule has 1 aliphatic rings. The fourth-order valence-corrected chi connectivity index (χ4v) is 3.59. The molecule has 0 saturated heterocycles. The fourth-order valence-electron chi connectivity index (χ4n) is 3.59. The van der Waals surface area contributed by atoms with Crippen LogP contribution >= 0.6 is 0 Å². The second-order valence-corrected chi connectivity index (χ2v) is 7.10. The van der Waals surface area contributed by atoms with Gasteiger partial charge in [-0.2, -0.15) is 13.2 Å². The highest BCUT2D eigenvalue weighted by Gasteiger charge is 2.32. The first-order valence-corrected chi connectivity index (χ1v) is 9.37. The monoisotopic (exact) mass is 382 g/mol. The fraction of sp³-hybridized carbons (Fsp3) is 0.524. The van der Waals surface area contributed by atoms with Gasteiger partial charge in [0.15, 0.2) is 0 Å². The van der Waals surface area contributed by atoms with E-state index >= 15 is 0 Å². The van der Waals surface area contributed by atoms with E-state index in [1.165, 1.54) is 6.07 Å². The number of Topliss-reactive ketones (excluding diaryl/α,β-unsaturated/α-hetero) is 1. The highest BCUT2D eigenvalue weighted by molar-refractivity contribution is 5.84. The van der Waals surface area contributed by atoms with E-state index in [1.54, 1.807) is 12.1 Å². The van der Waals surface area contributed by atoms with Crippen molar-refractivity contribution in [2.45, 2.75) is 57.5 Å². The number of carboxylic acid groups (broad SMARTS) is 1. The molecule has 0 heterocycles. The maximum atomic E-state index is 12.8. The van der Waals surface area contributed by atoms with Gasteiger partial charge in [0, 0.05) is 18.8 Å². The van der Waals surface area contributed by atoms with Crippen LogP contribution in [0.25, 0.3) is 6.08 Å². The molecule has 6 heteroatoms. The van der Waals surface area contributed by atoms with Crippen LogP contribution in [0.3, 0.4) is 0 Å². The van der Waals surface area contributed by atoms with E-state index in [9.17, 15) is 22.8 Å². The van der Waals surface area contributed by atoms with Crippen LogP contribution in [0.5, 0.6) is 0 Å². The first-order chi connectivity index (χ1) is 12.8. The van der Waals surface area contributed by atoms with Gasteiger partial charge in [0.1, 0.15) is 5.78 Å². The van der Waals surface area contributed by atoms with Crippen LogP contribution in [0.15, 0.2) is 30.3 Å². The van der Waals surface area contributed by atoms with E-state index in [0.717, 1.165) is 44.2 Å². The molecule has 0 bridgehead atoms. The summed E-state index contributed by atoms with van der Waals surface area (Å²) < 4.78 is 38.4. The normalized spacial score (nSPS) is 20.5. The minimum atomic E-state index is -4.36. The van der Waals surface area contributed by atoms with Crippen molar-refractivity contribution in [3.8, 4) is 0 Å². The van der Waals surface area contributed by atoms with Gasteiger partial charge in [0.05, 0.1) is 5.56 Å². The predicted molar refractivity (Wildman–Crippen MR) is 97.0 cm³/mol. The van der Waals surface area contributed by atoms with E-state index in [2.05, 4.69) is 0 Å². The summed E-state index contributed by atoms with van der Waals surface area (Å²) in [5, 5.41) is 8.61. The summed E-state index contributed by atoms with van der Waals surface area (Å²) in [4.78, 5) is 22.6. The van der Waals surface area contributed by atoms with Crippen LogP contribution in [0.4, 0.5) is 13.2 Å². The van der Waals surface area contributed by atoms with Crippen LogP contribution in [-0.2, 0) is 15.8 Å². The van der Waals surface area contributed by atoms with Crippen molar-refractivity contribution in [2.24, 2.45) is 11.8 Å². The van der Waals surface area contributed by atoms with Crippen molar-refractivity contribution in [3.63, 3.8) is 0 Å². The standard InChI is InChI=1S/C21H25F3O3/c22-21(23,24)17-7-5-6-15(14-17)10-11-16-12-13-19(25)18(16)8-3-1-2-4-9-20(26)27/h5-7,10-11,14,16,18H,1-4,8-9,12-13H2,(H,26,27)/t16-,18+/m0/s1. The van der Waals surface area contributed by atoms with Gasteiger partial charge in [0.2, 0.25) is 0 Å². The minimum Gasteiger partial charge on any atom is -0.481 e. The summed E-state index contributed by atoms with van der Waals surface area (Å²) in [6.07, 6.45) is 4.59. The molecule has 0 amide bonds. The lowest BCUT2D eigenvalue weighted by atomic mass is 9.89. The number of rotatable bonds is 9. The molecule has 3 nitrogen and oxygen atoms in total. The molecule has 0 aliphatic heterocycles. The third-order valence-electron chi connectivity index (χ3n) is 5.06. The van der Waals surface area contributed by atoms with E-state index in [0.29, 0.717) is 18.4 Å². The number of carbonyl (C=O) groups excluding carboxylic acids is 1. The van der Waals surface area contributed by atoms with Gasteiger partial charge in [-0.05, 0) is 42.9 Å². The highest BCUT2D eigenvalue weighted by Crippen LogP contribution is 2.35. The smallest absolute Gasteiger partial charge is 0.416 e. The number of benzene rings is 1. The Labute approximate surface area is 157 Å². The maximum absolute atomic E-state index is 12.8. The molecule has 148 valence electrons. The molecule has 0 unspecified atom stereocenters. The zero-order valence-electron chi connectivity index (χ0n) is 15.2. The lowest BCUT2D eigenvalue weighted by Gasteiger charge is -2.15. The second-order valence-electron chi connectivity index (χ2n) is 7.10. The number of alkyl halides is 3. The van der Waals surface area contributed by atoms with Crippen LogP contribution in [0.2, 0.25) is 0 Å². The van der Waals surface area contributed by atoms with Crippen molar-refractivity contribution in [3.05, 3.63) is 41.5 Å². The van der Waals surface area contributed by atoms with Crippen LogP contribution in [0.1, 0.15) is 62.5 Å². The van der Waals surface area contributed by atoms with Gasteiger partial charge in [-0.1, -0.05) is 43.5 Å². The quantitative estimate of drug-likeness (QED) is 0.554. The van der Waals surface area contributed by atoms with Gasteiger partial charge in [-0.25, -0.2) is 0 Å². The Morgan fingerprint density at radius 2 is 1.93 bits per heavy atom. The lowest BCUT2D eigenvalue weighted by Crippen LogP contribution is -2.13. The molecule has 2 rings (SSSR count). The molecule has 1 aliphatic carbocycles. The van der Waals surface area contributed by atoms with Gasteiger partial charge in [-0.3, -0.25) is 9.59 Å². The number of carboxylic acids is 1. The molecule has 1 fully saturated rings. The number of aliphatic carboxylic acids is 1. The van der Waals surface area contributed by atoms with E-state index in [1.807, 2.05) is 6.08 Å². The van der Waals surface area contributed by atoms with E-state index in [-0.39, 0.29) is 24.0 Å². The summed E-state index contributed by atoms with van der Waals surface area (Å²) >= 11 is 0.